The minimum atomic E-state index is -0.206. The zero-order chi connectivity index (χ0) is 24.2. The van der Waals surface area contributed by atoms with Gasteiger partial charge in [0.1, 0.15) is 11.7 Å². The number of rotatable bonds is 8. The summed E-state index contributed by atoms with van der Waals surface area (Å²) >= 11 is 0. The lowest BCUT2D eigenvalue weighted by Crippen LogP contribution is -2.28. The highest BCUT2D eigenvalue weighted by Crippen LogP contribution is 2.27. The summed E-state index contributed by atoms with van der Waals surface area (Å²) < 4.78 is 12.1. The fourth-order valence-corrected chi connectivity index (χ4v) is 4.23. The second kappa shape index (κ2) is 9.71. The van der Waals surface area contributed by atoms with Gasteiger partial charge in [-0.05, 0) is 55.2 Å². The van der Waals surface area contributed by atoms with Gasteiger partial charge in [-0.1, -0.05) is 18.2 Å². The number of methoxy groups -OCH3 is 2. The highest BCUT2D eigenvalue weighted by atomic mass is 16.5. The van der Waals surface area contributed by atoms with Crippen molar-refractivity contribution in [3.8, 4) is 17.6 Å². The summed E-state index contributed by atoms with van der Waals surface area (Å²) in [4.78, 5) is 29.0. The van der Waals surface area contributed by atoms with Crippen molar-refractivity contribution in [2.75, 3.05) is 20.8 Å². The number of para-hydroxylation sites is 2. The molecular formula is C26H26N4O4. The number of carbonyl (C=O) groups excluding carboxylic acids is 1. The first-order valence-electron chi connectivity index (χ1n) is 11.0. The number of aromatic amines is 1. The molecule has 1 amide bonds. The molecule has 0 spiro atoms. The Morgan fingerprint density at radius 3 is 2.62 bits per heavy atom. The predicted molar refractivity (Wildman–Crippen MR) is 130 cm³/mol. The number of nitrogens with zero attached hydrogens (tertiary/aromatic N) is 2. The molecule has 8 heteroatoms. The molecule has 8 nitrogen and oxygen atoms in total. The number of nitrogens with one attached hydrogen (secondary N) is 2. The van der Waals surface area contributed by atoms with Crippen molar-refractivity contribution < 1.29 is 14.3 Å². The summed E-state index contributed by atoms with van der Waals surface area (Å²) in [6, 6.07) is 15.3. The molecule has 0 fully saturated rings. The molecule has 2 N–H and O–H groups in total. The molecule has 4 rings (SSSR count). The lowest BCUT2D eigenvalue weighted by atomic mass is 10.0. The molecule has 0 saturated carbocycles. The molecule has 34 heavy (non-hydrogen) atoms. The largest absolute Gasteiger partial charge is 0.493 e. The Hall–Kier alpha value is -4.25. The smallest absolute Gasteiger partial charge is 0.260 e. The number of pyridine rings is 1. The van der Waals surface area contributed by atoms with Gasteiger partial charge in [0.05, 0.1) is 30.8 Å². The molecule has 2 aromatic heterocycles. The van der Waals surface area contributed by atoms with Crippen LogP contribution < -0.4 is 20.3 Å². The fourth-order valence-electron chi connectivity index (χ4n) is 4.23. The molecule has 0 unspecified atom stereocenters. The average molecular weight is 459 g/mol. The maximum absolute atomic E-state index is 13.3. The number of H-pyrrole nitrogens is 1. The van der Waals surface area contributed by atoms with E-state index in [1.54, 1.807) is 21.1 Å². The summed E-state index contributed by atoms with van der Waals surface area (Å²) in [6.45, 7) is 2.22. The van der Waals surface area contributed by atoms with Gasteiger partial charge in [0.15, 0.2) is 11.5 Å². The fraction of sp³-hybridized carbons (Fsp3) is 0.269. The van der Waals surface area contributed by atoms with E-state index in [4.69, 9.17) is 9.47 Å². The van der Waals surface area contributed by atoms with Crippen LogP contribution in [0.4, 0.5) is 0 Å². The summed E-state index contributed by atoms with van der Waals surface area (Å²) in [5.74, 6) is 1.14. The minimum Gasteiger partial charge on any atom is -0.493 e. The molecule has 0 aliphatic rings. The van der Waals surface area contributed by atoms with Crippen molar-refractivity contribution in [3.63, 3.8) is 0 Å². The molecule has 0 aliphatic heterocycles. The number of hydrogen-bond donors (Lipinski definition) is 2. The number of imidazole rings is 1. The van der Waals surface area contributed by atoms with E-state index in [-0.39, 0.29) is 24.3 Å². The standard InChI is InChI=1S/C26H26N4O4/c1-16-18(26(32)30-21-7-5-4-6-20(21)29-25(30)19(16)15-27)9-11-24(31)28-13-12-17-8-10-22(33-2)23(14-17)34-3/h4-8,10,14,29H,9,11-13H2,1-3H3,(H,28,31). The van der Waals surface area contributed by atoms with E-state index in [0.717, 1.165) is 11.1 Å². The first-order valence-corrected chi connectivity index (χ1v) is 11.0. The minimum absolute atomic E-state index is 0.151. The first kappa shape index (κ1) is 22.9. The maximum atomic E-state index is 13.3. The van der Waals surface area contributed by atoms with Crippen LogP contribution in [0.2, 0.25) is 0 Å². The third kappa shape index (κ3) is 4.20. The lowest BCUT2D eigenvalue weighted by molar-refractivity contribution is -0.121. The van der Waals surface area contributed by atoms with E-state index < -0.39 is 0 Å². The number of nitriles is 1. The Kier molecular flexibility index (Phi) is 6.55. The van der Waals surface area contributed by atoms with Crippen molar-refractivity contribution in [1.82, 2.24) is 14.7 Å². The monoisotopic (exact) mass is 458 g/mol. The molecule has 174 valence electrons. The van der Waals surface area contributed by atoms with Gasteiger partial charge in [0, 0.05) is 18.5 Å². The van der Waals surface area contributed by atoms with Crippen molar-refractivity contribution in [2.45, 2.75) is 26.2 Å². The Morgan fingerprint density at radius 2 is 1.88 bits per heavy atom. The Balaban J connectivity index is 1.47. The molecule has 0 aliphatic carbocycles. The van der Waals surface area contributed by atoms with Crippen LogP contribution in [0.1, 0.15) is 28.7 Å². The van der Waals surface area contributed by atoms with Gasteiger partial charge in [-0.25, -0.2) is 0 Å². The van der Waals surface area contributed by atoms with Gasteiger partial charge in [-0.15, -0.1) is 0 Å². The van der Waals surface area contributed by atoms with E-state index in [1.165, 1.54) is 4.40 Å². The first-order chi connectivity index (χ1) is 16.5. The van der Waals surface area contributed by atoms with Gasteiger partial charge in [-0.3, -0.25) is 14.0 Å². The molecule has 0 radical (unpaired) electrons. The third-order valence-corrected chi connectivity index (χ3v) is 6.05. The second-order valence-electron chi connectivity index (χ2n) is 8.01. The number of benzene rings is 2. The van der Waals surface area contributed by atoms with Gasteiger partial charge in [0.2, 0.25) is 5.91 Å². The van der Waals surface area contributed by atoms with Crippen LogP contribution in [0.3, 0.4) is 0 Å². The molecule has 0 bridgehead atoms. The van der Waals surface area contributed by atoms with Crippen molar-refractivity contribution in [2.24, 2.45) is 0 Å². The predicted octanol–water partition coefficient (Wildman–Crippen LogP) is 3.27. The molecule has 2 aromatic carbocycles. The summed E-state index contributed by atoms with van der Waals surface area (Å²) in [6.07, 6.45) is 1.04. The van der Waals surface area contributed by atoms with Crippen LogP contribution in [-0.4, -0.2) is 36.1 Å². The Bertz CT molecular complexity index is 1480. The molecule has 2 heterocycles. The number of ether oxygens (including phenoxy) is 2. The van der Waals surface area contributed by atoms with E-state index in [9.17, 15) is 14.9 Å². The van der Waals surface area contributed by atoms with Crippen LogP contribution >= 0.6 is 0 Å². The lowest BCUT2D eigenvalue weighted by Gasteiger charge is -2.11. The van der Waals surface area contributed by atoms with E-state index in [2.05, 4.69) is 16.4 Å². The SMILES string of the molecule is COc1ccc(CCNC(=O)CCc2c(C)c(C#N)c3[nH]c4ccccc4n3c2=O)cc1OC. The Morgan fingerprint density at radius 1 is 1.12 bits per heavy atom. The maximum Gasteiger partial charge on any atom is 0.260 e. The van der Waals surface area contributed by atoms with Crippen molar-refractivity contribution >= 4 is 22.6 Å². The van der Waals surface area contributed by atoms with Crippen molar-refractivity contribution in [1.29, 1.82) is 5.26 Å². The van der Waals surface area contributed by atoms with Crippen LogP contribution in [0.25, 0.3) is 16.7 Å². The average Bonchev–Trinajstić information content (AvgIpc) is 3.23. The molecular weight excluding hydrogens is 432 g/mol. The summed E-state index contributed by atoms with van der Waals surface area (Å²) in [7, 11) is 3.17. The van der Waals surface area contributed by atoms with Gasteiger partial charge < -0.3 is 19.8 Å². The molecule has 0 saturated heterocycles. The van der Waals surface area contributed by atoms with Crippen LogP contribution in [0.15, 0.2) is 47.3 Å². The van der Waals surface area contributed by atoms with E-state index in [1.807, 2.05) is 42.5 Å². The van der Waals surface area contributed by atoms with E-state index in [0.29, 0.717) is 52.3 Å². The number of aromatic nitrogens is 2. The third-order valence-electron chi connectivity index (χ3n) is 6.05. The summed E-state index contributed by atoms with van der Waals surface area (Å²) in [5.41, 5.74) is 4.28. The van der Waals surface area contributed by atoms with Gasteiger partial charge in [0.25, 0.3) is 5.56 Å². The highest BCUT2D eigenvalue weighted by molar-refractivity contribution is 5.83. The zero-order valence-electron chi connectivity index (χ0n) is 19.4. The highest BCUT2D eigenvalue weighted by Gasteiger charge is 2.19. The quantitative estimate of drug-likeness (QED) is 0.421. The summed E-state index contributed by atoms with van der Waals surface area (Å²) in [5, 5.41) is 12.7. The normalized spacial score (nSPS) is 10.9. The van der Waals surface area contributed by atoms with Crippen molar-refractivity contribution in [3.05, 3.63) is 75.1 Å². The number of fused-ring (bicyclic) bond motifs is 3. The second-order valence-corrected chi connectivity index (χ2v) is 8.01. The van der Waals surface area contributed by atoms with Crippen LogP contribution in [0.5, 0.6) is 11.5 Å². The molecule has 4 aromatic rings. The number of hydrogen-bond acceptors (Lipinski definition) is 5. The van der Waals surface area contributed by atoms with Gasteiger partial charge in [-0.2, -0.15) is 5.26 Å². The number of amides is 1. The zero-order valence-corrected chi connectivity index (χ0v) is 19.4. The Labute approximate surface area is 196 Å². The van der Waals surface area contributed by atoms with E-state index >= 15 is 0 Å². The topological polar surface area (TPSA) is 109 Å². The van der Waals surface area contributed by atoms with Crippen LogP contribution in [-0.2, 0) is 17.6 Å². The van der Waals surface area contributed by atoms with Gasteiger partial charge >= 0.3 is 0 Å². The molecule has 0 atom stereocenters. The number of carbonyl (C=O) groups is 1. The van der Waals surface area contributed by atoms with Crippen LogP contribution in [0, 0.1) is 18.3 Å².